The predicted molar refractivity (Wildman–Crippen MR) is 83.2 cm³/mol. The van der Waals surface area contributed by atoms with Crippen molar-refractivity contribution >= 4 is 23.2 Å². The molecule has 2 rings (SSSR count). The van der Waals surface area contributed by atoms with Crippen molar-refractivity contribution in [2.45, 2.75) is 51.0 Å². The fourth-order valence-electron chi connectivity index (χ4n) is 2.88. The summed E-state index contributed by atoms with van der Waals surface area (Å²) in [5, 5.41) is 1.99. The average Bonchev–Trinajstić information content (AvgIpc) is 3.01. The van der Waals surface area contributed by atoms with Crippen molar-refractivity contribution in [1.82, 2.24) is 4.90 Å². The lowest BCUT2D eigenvalue weighted by Crippen LogP contribution is -2.43. The van der Waals surface area contributed by atoms with Gasteiger partial charge in [-0.1, -0.05) is 25.3 Å². The molecule has 0 unspecified atom stereocenters. The number of thiophene rings is 1. The molecule has 0 radical (unpaired) electrons. The Kier molecular flexibility index (Phi) is 6.23. The van der Waals surface area contributed by atoms with E-state index in [1.807, 2.05) is 22.4 Å². The topological polar surface area (TPSA) is 46.6 Å². The summed E-state index contributed by atoms with van der Waals surface area (Å²) in [6, 6.07) is 4.24. The van der Waals surface area contributed by atoms with Crippen molar-refractivity contribution in [1.29, 1.82) is 0 Å². The molecule has 1 aliphatic carbocycles. The van der Waals surface area contributed by atoms with Crippen molar-refractivity contribution in [3.8, 4) is 0 Å². The quantitative estimate of drug-likeness (QED) is 0.759. The first-order valence-electron chi connectivity index (χ1n) is 7.59. The van der Waals surface area contributed by atoms with Gasteiger partial charge in [0.2, 0.25) is 5.91 Å². The van der Waals surface area contributed by atoms with Crippen LogP contribution in [0.1, 0.15) is 43.4 Å². The Hall–Kier alpha value is -1.36. The van der Waals surface area contributed by atoms with Crippen molar-refractivity contribution < 1.29 is 14.3 Å². The summed E-state index contributed by atoms with van der Waals surface area (Å²) in [4.78, 5) is 27.0. The highest BCUT2D eigenvalue weighted by atomic mass is 32.1. The van der Waals surface area contributed by atoms with Crippen LogP contribution >= 0.6 is 11.3 Å². The number of hydrogen-bond acceptors (Lipinski definition) is 4. The van der Waals surface area contributed by atoms with Crippen LogP contribution in [0.25, 0.3) is 0 Å². The molecule has 5 heteroatoms. The van der Waals surface area contributed by atoms with E-state index < -0.39 is 0 Å². The molecule has 21 heavy (non-hydrogen) atoms. The van der Waals surface area contributed by atoms with Gasteiger partial charge in [-0.2, -0.15) is 0 Å². The number of carbonyl (C=O) groups excluding carboxylic acids is 2. The summed E-state index contributed by atoms with van der Waals surface area (Å²) >= 11 is 1.61. The first kappa shape index (κ1) is 16.0. The van der Waals surface area contributed by atoms with E-state index in [0.717, 1.165) is 17.7 Å². The van der Waals surface area contributed by atoms with Crippen LogP contribution in [-0.4, -0.2) is 36.5 Å². The molecule has 0 bridgehead atoms. The summed E-state index contributed by atoms with van der Waals surface area (Å²) in [7, 11) is 1.39. The Morgan fingerprint density at radius 2 is 2.10 bits per heavy atom. The molecule has 0 aromatic carbocycles. The van der Waals surface area contributed by atoms with E-state index in [-0.39, 0.29) is 24.3 Å². The molecule has 0 aliphatic heterocycles. The molecule has 1 heterocycles. The van der Waals surface area contributed by atoms with Crippen LogP contribution in [0.4, 0.5) is 0 Å². The van der Waals surface area contributed by atoms with Gasteiger partial charge in [0.25, 0.3) is 0 Å². The maximum absolute atomic E-state index is 12.6. The molecule has 4 nitrogen and oxygen atoms in total. The van der Waals surface area contributed by atoms with Gasteiger partial charge >= 0.3 is 5.97 Å². The van der Waals surface area contributed by atoms with Crippen LogP contribution in [0.2, 0.25) is 0 Å². The number of methoxy groups -OCH3 is 1. The SMILES string of the molecule is COC(=O)CCN(C(=O)Cc1cccs1)C1CCCCC1. The number of esters is 1. The normalized spacial score (nSPS) is 15.7. The Morgan fingerprint density at radius 3 is 2.71 bits per heavy atom. The summed E-state index contributed by atoms with van der Waals surface area (Å²) in [5.41, 5.74) is 0. The van der Waals surface area contributed by atoms with Gasteiger partial charge in [-0.05, 0) is 24.3 Å². The number of carbonyl (C=O) groups is 2. The lowest BCUT2D eigenvalue weighted by Gasteiger charge is -2.34. The molecule has 1 saturated carbocycles. The molecule has 0 saturated heterocycles. The summed E-state index contributed by atoms with van der Waals surface area (Å²) in [6.45, 7) is 0.474. The smallest absolute Gasteiger partial charge is 0.307 e. The molecule has 0 atom stereocenters. The zero-order valence-corrected chi connectivity index (χ0v) is 13.4. The zero-order chi connectivity index (χ0) is 15.1. The van der Waals surface area contributed by atoms with Crippen LogP contribution in [0.5, 0.6) is 0 Å². The first-order valence-corrected chi connectivity index (χ1v) is 8.47. The van der Waals surface area contributed by atoms with Gasteiger partial charge in [0.05, 0.1) is 20.0 Å². The second-order valence-corrected chi connectivity index (χ2v) is 6.49. The summed E-state index contributed by atoms with van der Waals surface area (Å²) in [5.74, 6) is -0.118. The van der Waals surface area contributed by atoms with Gasteiger partial charge < -0.3 is 9.64 Å². The number of amides is 1. The van der Waals surface area contributed by atoms with Gasteiger partial charge in [0, 0.05) is 17.5 Å². The number of rotatable bonds is 6. The van der Waals surface area contributed by atoms with Crippen molar-refractivity contribution in [2.24, 2.45) is 0 Å². The highest BCUT2D eigenvalue weighted by Gasteiger charge is 2.26. The number of ether oxygens (including phenoxy) is 1. The lowest BCUT2D eigenvalue weighted by molar-refractivity contribution is -0.142. The molecule has 1 fully saturated rings. The standard InChI is InChI=1S/C16H23NO3S/c1-20-16(19)9-10-17(13-6-3-2-4-7-13)15(18)12-14-8-5-11-21-14/h5,8,11,13H,2-4,6-7,9-10,12H2,1H3. The minimum atomic E-state index is -0.250. The maximum Gasteiger partial charge on any atom is 0.307 e. The minimum absolute atomic E-state index is 0.133. The molecule has 116 valence electrons. The van der Waals surface area contributed by atoms with E-state index in [0.29, 0.717) is 13.0 Å². The maximum atomic E-state index is 12.6. The van der Waals surface area contributed by atoms with Crippen molar-refractivity contribution in [3.63, 3.8) is 0 Å². The van der Waals surface area contributed by atoms with Crippen LogP contribution in [0, 0.1) is 0 Å². The highest BCUT2D eigenvalue weighted by molar-refractivity contribution is 7.10. The number of hydrogen-bond donors (Lipinski definition) is 0. The van der Waals surface area contributed by atoms with Gasteiger partial charge in [0.1, 0.15) is 0 Å². The largest absolute Gasteiger partial charge is 0.469 e. The Balaban J connectivity index is 1.98. The molecular formula is C16H23NO3S. The van der Waals surface area contributed by atoms with Crippen LogP contribution < -0.4 is 0 Å². The van der Waals surface area contributed by atoms with Crippen molar-refractivity contribution in [2.75, 3.05) is 13.7 Å². The van der Waals surface area contributed by atoms with Gasteiger partial charge in [-0.3, -0.25) is 9.59 Å². The zero-order valence-electron chi connectivity index (χ0n) is 12.5. The van der Waals surface area contributed by atoms with Gasteiger partial charge in [-0.15, -0.1) is 11.3 Å². The third-order valence-electron chi connectivity index (χ3n) is 4.03. The summed E-state index contributed by atoms with van der Waals surface area (Å²) in [6.07, 6.45) is 6.42. The van der Waals surface area contributed by atoms with E-state index in [1.165, 1.54) is 26.4 Å². The monoisotopic (exact) mass is 309 g/mol. The summed E-state index contributed by atoms with van der Waals surface area (Å²) < 4.78 is 4.70. The lowest BCUT2D eigenvalue weighted by atomic mass is 9.93. The van der Waals surface area contributed by atoms with E-state index in [2.05, 4.69) is 0 Å². The molecule has 0 N–H and O–H groups in total. The second-order valence-electron chi connectivity index (χ2n) is 5.46. The predicted octanol–water partition coefficient (Wildman–Crippen LogP) is 3.02. The molecule has 1 aromatic rings. The highest BCUT2D eigenvalue weighted by Crippen LogP contribution is 2.24. The first-order chi connectivity index (χ1) is 10.2. The third-order valence-corrected chi connectivity index (χ3v) is 4.90. The van der Waals surface area contributed by atoms with Crippen molar-refractivity contribution in [3.05, 3.63) is 22.4 Å². The van der Waals surface area contributed by atoms with E-state index in [9.17, 15) is 9.59 Å². The number of nitrogens with zero attached hydrogens (tertiary/aromatic N) is 1. The van der Waals surface area contributed by atoms with E-state index >= 15 is 0 Å². The molecule has 1 aromatic heterocycles. The van der Waals surface area contributed by atoms with E-state index in [4.69, 9.17) is 4.74 Å². The van der Waals surface area contributed by atoms with Gasteiger partial charge in [0.15, 0.2) is 0 Å². The average molecular weight is 309 g/mol. The minimum Gasteiger partial charge on any atom is -0.469 e. The van der Waals surface area contributed by atoms with Gasteiger partial charge in [-0.25, -0.2) is 0 Å². The third kappa shape index (κ3) is 4.84. The Morgan fingerprint density at radius 1 is 1.33 bits per heavy atom. The van der Waals surface area contributed by atoms with Crippen LogP contribution in [0.15, 0.2) is 17.5 Å². The van der Waals surface area contributed by atoms with E-state index in [1.54, 1.807) is 11.3 Å². The fourth-order valence-corrected chi connectivity index (χ4v) is 3.58. The Bertz CT molecular complexity index is 452. The molecule has 0 spiro atoms. The second kappa shape index (κ2) is 8.17. The molecular weight excluding hydrogens is 286 g/mol. The molecule has 1 amide bonds. The fraction of sp³-hybridized carbons (Fsp3) is 0.625. The van der Waals surface area contributed by atoms with Crippen LogP contribution in [-0.2, 0) is 20.7 Å². The van der Waals surface area contributed by atoms with Crippen LogP contribution in [0.3, 0.4) is 0 Å². The molecule has 1 aliphatic rings. The Labute approximate surface area is 130 Å².